The van der Waals surface area contributed by atoms with E-state index in [1.165, 1.54) is 49.6 Å². The van der Waals surface area contributed by atoms with Gasteiger partial charge >= 0.3 is 6.03 Å². The Labute approximate surface area is 186 Å². The first-order valence-corrected chi connectivity index (χ1v) is 9.42. The molecule has 0 aliphatic carbocycles. The number of hydrogen-bond donors (Lipinski definition) is 2. The van der Waals surface area contributed by atoms with E-state index in [0.29, 0.717) is 5.56 Å². The monoisotopic (exact) mass is 463 g/mol. The van der Waals surface area contributed by atoms with Crippen molar-refractivity contribution in [2.75, 3.05) is 18.6 Å². The van der Waals surface area contributed by atoms with Gasteiger partial charge in [0.2, 0.25) is 0 Å². The number of amides is 5. The zero-order chi connectivity index (χ0) is 22.7. The molecular formula is C20H15Cl2N3O6. The molecule has 0 saturated carbocycles. The van der Waals surface area contributed by atoms with Crippen LogP contribution in [0.1, 0.15) is 5.56 Å². The van der Waals surface area contributed by atoms with Crippen molar-refractivity contribution in [3.05, 3.63) is 57.6 Å². The van der Waals surface area contributed by atoms with Crippen LogP contribution in [-0.2, 0) is 14.4 Å². The van der Waals surface area contributed by atoms with Crippen molar-refractivity contribution in [2.24, 2.45) is 5.73 Å². The summed E-state index contributed by atoms with van der Waals surface area (Å²) in [4.78, 5) is 49.2. The number of carbonyl (C=O) groups is 4. The van der Waals surface area contributed by atoms with Gasteiger partial charge in [-0.2, -0.15) is 0 Å². The maximum absolute atomic E-state index is 12.9. The van der Waals surface area contributed by atoms with E-state index in [-0.39, 0.29) is 39.4 Å². The van der Waals surface area contributed by atoms with Gasteiger partial charge in [-0.1, -0.05) is 29.3 Å². The van der Waals surface area contributed by atoms with E-state index in [4.69, 9.17) is 38.4 Å². The van der Waals surface area contributed by atoms with Crippen LogP contribution < -0.4 is 25.4 Å². The Morgan fingerprint density at radius 3 is 2.48 bits per heavy atom. The predicted molar refractivity (Wildman–Crippen MR) is 113 cm³/mol. The van der Waals surface area contributed by atoms with E-state index < -0.39 is 23.8 Å². The summed E-state index contributed by atoms with van der Waals surface area (Å²) in [5.41, 5.74) is 5.32. The number of urea groups is 1. The fourth-order valence-corrected chi connectivity index (χ4v) is 3.02. The first-order valence-electron chi connectivity index (χ1n) is 8.67. The number of carbonyl (C=O) groups excluding carboxylic acids is 4. The highest BCUT2D eigenvalue weighted by Gasteiger charge is 2.37. The number of ether oxygens (including phenoxy) is 2. The Morgan fingerprint density at radius 1 is 1.10 bits per heavy atom. The van der Waals surface area contributed by atoms with Gasteiger partial charge in [-0.3, -0.25) is 19.7 Å². The molecule has 0 radical (unpaired) electrons. The summed E-state index contributed by atoms with van der Waals surface area (Å²) in [5.74, 6) is -1.88. The van der Waals surface area contributed by atoms with Crippen LogP contribution in [0.3, 0.4) is 0 Å². The Balaban J connectivity index is 1.96. The Kier molecular flexibility index (Phi) is 6.47. The van der Waals surface area contributed by atoms with Crippen LogP contribution in [0, 0.1) is 0 Å². The number of nitrogens with two attached hydrogens (primary N) is 1. The number of primary amides is 1. The summed E-state index contributed by atoms with van der Waals surface area (Å²) in [6.45, 7) is -0.349. The first kappa shape index (κ1) is 22.1. The average molecular weight is 464 g/mol. The maximum Gasteiger partial charge on any atom is 0.335 e. The van der Waals surface area contributed by atoms with E-state index in [9.17, 15) is 19.2 Å². The van der Waals surface area contributed by atoms with Gasteiger partial charge in [0.1, 0.15) is 5.57 Å². The highest BCUT2D eigenvalue weighted by Crippen LogP contribution is 2.31. The molecule has 0 aromatic heterocycles. The van der Waals surface area contributed by atoms with Crippen LogP contribution in [0.5, 0.6) is 11.5 Å². The lowest BCUT2D eigenvalue weighted by Gasteiger charge is -2.26. The highest BCUT2D eigenvalue weighted by molar-refractivity contribution is 6.43. The molecule has 3 rings (SSSR count). The molecule has 5 amide bonds. The van der Waals surface area contributed by atoms with Gasteiger partial charge in [0, 0.05) is 0 Å². The van der Waals surface area contributed by atoms with Crippen molar-refractivity contribution >= 4 is 58.7 Å². The van der Waals surface area contributed by atoms with Crippen molar-refractivity contribution in [1.29, 1.82) is 0 Å². The minimum atomic E-state index is -0.918. The van der Waals surface area contributed by atoms with Gasteiger partial charge in [-0.05, 0) is 42.0 Å². The normalized spacial score (nSPS) is 15.1. The van der Waals surface area contributed by atoms with E-state index >= 15 is 0 Å². The molecule has 0 spiro atoms. The fourth-order valence-electron chi connectivity index (χ4n) is 2.72. The van der Waals surface area contributed by atoms with Crippen molar-refractivity contribution < 1.29 is 28.7 Å². The fraction of sp³-hybridized carbons (Fsp3) is 0.100. The molecule has 1 fully saturated rings. The molecule has 3 N–H and O–H groups in total. The molecule has 1 aliphatic rings. The number of nitrogens with one attached hydrogen (secondary N) is 1. The summed E-state index contributed by atoms with van der Waals surface area (Å²) in [7, 11) is 1.38. The minimum absolute atomic E-state index is 0.137. The smallest absolute Gasteiger partial charge is 0.335 e. The molecule has 9 nitrogen and oxygen atoms in total. The molecule has 2 aromatic rings. The number of hydrogen-bond acceptors (Lipinski definition) is 6. The van der Waals surface area contributed by atoms with E-state index in [2.05, 4.69) is 5.32 Å². The Bertz CT molecular complexity index is 1130. The summed E-state index contributed by atoms with van der Waals surface area (Å²) in [6.07, 6.45) is 1.29. The Morgan fingerprint density at radius 2 is 1.84 bits per heavy atom. The maximum atomic E-state index is 12.9. The number of benzene rings is 2. The standard InChI is InChI=1S/C20H15Cl2N3O6/c1-30-16-7-10(2-5-15(16)31-9-17(23)26)6-12-18(27)24-20(29)25(19(12)28)11-3-4-13(21)14(22)8-11/h2-8H,9H2,1H3,(H2,23,26)(H,24,27,29)/b12-6+. The third-order valence-electron chi connectivity index (χ3n) is 4.13. The van der Waals surface area contributed by atoms with Crippen LogP contribution in [0.15, 0.2) is 42.0 Å². The lowest BCUT2D eigenvalue weighted by molar-refractivity contribution is -0.123. The highest BCUT2D eigenvalue weighted by atomic mass is 35.5. The number of methoxy groups -OCH3 is 1. The summed E-state index contributed by atoms with van der Waals surface area (Å²) >= 11 is 11.9. The minimum Gasteiger partial charge on any atom is -0.493 e. The third kappa shape index (κ3) is 4.79. The summed E-state index contributed by atoms with van der Waals surface area (Å²) in [5, 5.41) is 2.49. The van der Waals surface area contributed by atoms with Crippen LogP contribution in [0.4, 0.5) is 10.5 Å². The number of barbiturate groups is 1. The van der Waals surface area contributed by atoms with Crippen molar-refractivity contribution in [3.63, 3.8) is 0 Å². The quantitative estimate of drug-likeness (QED) is 0.500. The molecule has 0 unspecified atom stereocenters. The lowest BCUT2D eigenvalue weighted by Crippen LogP contribution is -2.54. The van der Waals surface area contributed by atoms with Gasteiger partial charge in [0.15, 0.2) is 18.1 Å². The van der Waals surface area contributed by atoms with Crippen molar-refractivity contribution in [1.82, 2.24) is 5.32 Å². The van der Waals surface area contributed by atoms with Gasteiger partial charge in [-0.25, -0.2) is 9.69 Å². The third-order valence-corrected chi connectivity index (χ3v) is 4.87. The summed E-state index contributed by atoms with van der Waals surface area (Å²) in [6, 6.07) is 7.78. The number of rotatable bonds is 6. The Hall–Kier alpha value is -3.56. The first-order chi connectivity index (χ1) is 14.7. The van der Waals surface area contributed by atoms with Crippen LogP contribution in [0.25, 0.3) is 6.08 Å². The molecule has 1 aliphatic heterocycles. The average Bonchev–Trinajstić information content (AvgIpc) is 2.72. The van der Waals surface area contributed by atoms with E-state index in [1.807, 2.05) is 0 Å². The van der Waals surface area contributed by atoms with E-state index in [1.54, 1.807) is 0 Å². The molecule has 160 valence electrons. The topological polar surface area (TPSA) is 128 Å². The van der Waals surface area contributed by atoms with Gasteiger partial charge < -0.3 is 15.2 Å². The van der Waals surface area contributed by atoms with Crippen LogP contribution in [0.2, 0.25) is 10.0 Å². The number of nitrogens with zero attached hydrogens (tertiary/aromatic N) is 1. The number of imide groups is 2. The molecule has 31 heavy (non-hydrogen) atoms. The van der Waals surface area contributed by atoms with E-state index in [0.717, 1.165) is 4.90 Å². The SMILES string of the molecule is COc1cc(/C=C2\C(=O)NC(=O)N(c3ccc(Cl)c(Cl)c3)C2=O)ccc1OCC(N)=O. The predicted octanol–water partition coefficient (Wildman–Crippen LogP) is 2.53. The number of anilines is 1. The summed E-state index contributed by atoms with van der Waals surface area (Å²) < 4.78 is 10.5. The second kappa shape index (κ2) is 9.07. The van der Waals surface area contributed by atoms with Gasteiger partial charge in [-0.15, -0.1) is 0 Å². The molecule has 11 heteroatoms. The van der Waals surface area contributed by atoms with Crippen LogP contribution in [-0.4, -0.2) is 37.5 Å². The second-order valence-corrected chi connectivity index (χ2v) is 7.04. The molecule has 1 heterocycles. The molecule has 1 saturated heterocycles. The molecule has 2 aromatic carbocycles. The molecular weight excluding hydrogens is 449 g/mol. The zero-order valence-electron chi connectivity index (χ0n) is 16.0. The van der Waals surface area contributed by atoms with Crippen molar-refractivity contribution in [2.45, 2.75) is 0 Å². The van der Waals surface area contributed by atoms with Gasteiger partial charge in [0.25, 0.3) is 17.7 Å². The molecule has 0 bridgehead atoms. The lowest BCUT2D eigenvalue weighted by atomic mass is 10.1. The number of halogens is 2. The van der Waals surface area contributed by atoms with Crippen molar-refractivity contribution in [3.8, 4) is 11.5 Å². The van der Waals surface area contributed by atoms with Gasteiger partial charge in [0.05, 0.1) is 22.8 Å². The zero-order valence-corrected chi connectivity index (χ0v) is 17.5. The second-order valence-electron chi connectivity index (χ2n) is 6.22. The molecule has 0 atom stereocenters. The van der Waals surface area contributed by atoms with Crippen LogP contribution >= 0.6 is 23.2 Å². The largest absolute Gasteiger partial charge is 0.493 e.